The first-order valence-electron chi connectivity index (χ1n) is 7.50. The van der Waals surface area contributed by atoms with Crippen molar-refractivity contribution >= 4 is 0 Å². The van der Waals surface area contributed by atoms with Crippen LogP contribution in [0.4, 0.5) is 0 Å². The summed E-state index contributed by atoms with van der Waals surface area (Å²) < 4.78 is 27.6. The zero-order chi connectivity index (χ0) is 14.5. The molecule has 1 unspecified atom stereocenters. The first kappa shape index (κ1) is 14.6. The minimum atomic E-state index is -0.0499. The Morgan fingerprint density at radius 1 is 1.05 bits per heavy atom. The average Bonchev–Trinajstić information content (AvgIpc) is 3.31. The predicted octanol–water partition coefficient (Wildman–Crippen LogP) is 2.38. The Bertz CT molecular complexity index is 427. The van der Waals surface area contributed by atoms with Gasteiger partial charge in [-0.05, 0) is 43.5 Å². The maximum Gasteiger partial charge on any atom is 0.157 e. The Morgan fingerprint density at radius 3 is 2.52 bits per heavy atom. The fourth-order valence-electron chi connectivity index (χ4n) is 2.37. The molecule has 3 rings (SSSR count). The molecule has 5 heteroatoms. The summed E-state index contributed by atoms with van der Waals surface area (Å²) in [4.78, 5) is 0. The summed E-state index contributed by atoms with van der Waals surface area (Å²) in [6.07, 6.45) is 3.51. The van der Waals surface area contributed by atoms with Gasteiger partial charge >= 0.3 is 0 Å². The zero-order valence-electron chi connectivity index (χ0n) is 12.3. The molecule has 0 amide bonds. The SMILES string of the molecule is COc1ccc(OC[C@H]2O[C@@H]2COC2CCCCO2)cc1. The molecule has 116 valence electrons. The van der Waals surface area contributed by atoms with Gasteiger partial charge in [-0.1, -0.05) is 0 Å². The van der Waals surface area contributed by atoms with Gasteiger partial charge in [-0.2, -0.15) is 0 Å². The molecule has 0 bridgehead atoms. The zero-order valence-corrected chi connectivity index (χ0v) is 12.3. The summed E-state index contributed by atoms with van der Waals surface area (Å²) in [6, 6.07) is 7.54. The Morgan fingerprint density at radius 2 is 1.81 bits per heavy atom. The van der Waals surface area contributed by atoms with E-state index in [9.17, 15) is 0 Å². The van der Waals surface area contributed by atoms with Crippen molar-refractivity contribution < 1.29 is 23.7 Å². The van der Waals surface area contributed by atoms with Crippen molar-refractivity contribution in [3.63, 3.8) is 0 Å². The fraction of sp³-hybridized carbons (Fsp3) is 0.625. The van der Waals surface area contributed by atoms with Gasteiger partial charge in [0.1, 0.15) is 30.3 Å². The van der Waals surface area contributed by atoms with Crippen LogP contribution in [0.2, 0.25) is 0 Å². The Labute approximate surface area is 125 Å². The molecule has 0 aromatic heterocycles. The molecular weight excluding hydrogens is 272 g/mol. The predicted molar refractivity (Wildman–Crippen MR) is 76.7 cm³/mol. The fourth-order valence-corrected chi connectivity index (χ4v) is 2.37. The van der Waals surface area contributed by atoms with Gasteiger partial charge in [0.25, 0.3) is 0 Å². The summed E-state index contributed by atoms with van der Waals surface area (Å²) in [7, 11) is 1.65. The summed E-state index contributed by atoms with van der Waals surface area (Å²) in [5, 5.41) is 0. The van der Waals surface area contributed by atoms with E-state index in [4.69, 9.17) is 23.7 Å². The second kappa shape index (κ2) is 7.11. The van der Waals surface area contributed by atoms with E-state index in [1.165, 1.54) is 6.42 Å². The molecular formula is C16H22O5. The number of methoxy groups -OCH3 is 1. The smallest absolute Gasteiger partial charge is 0.157 e. The van der Waals surface area contributed by atoms with Crippen LogP contribution in [0, 0.1) is 0 Å². The average molecular weight is 294 g/mol. The van der Waals surface area contributed by atoms with E-state index in [1.807, 2.05) is 24.3 Å². The van der Waals surface area contributed by atoms with Crippen LogP contribution < -0.4 is 9.47 Å². The van der Waals surface area contributed by atoms with Crippen LogP contribution in [-0.2, 0) is 14.2 Å². The third-order valence-electron chi connectivity index (χ3n) is 3.75. The van der Waals surface area contributed by atoms with Gasteiger partial charge in [-0.3, -0.25) is 0 Å². The van der Waals surface area contributed by atoms with Crippen molar-refractivity contribution in [1.29, 1.82) is 0 Å². The van der Waals surface area contributed by atoms with Crippen LogP contribution in [0.3, 0.4) is 0 Å². The first-order chi connectivity index (χ1) is 10.3. The van der Waals surface area contributed by atoms with Crippen molar-refractivity contribution in [1.82, 2.24) is 0 Å². The number of ether oxygens (including phenoxy) is 5. The van der Waals surface area contributed by atoms with Gasteiger partial charge in [0.05, 0.1) is 13.7 Å². The maximum absolute atomic E-state index is 5.70. The monoisotopic (exact) mass is 294 g/mol. The molecule has 5 nitrogen and oxygen atoms in total. The molecule has 0 aliphatic carbocycles. The third kappa shape index (κ3) is 4.33. The van der Waals surface area contributed by atoms with Crippen LogP contribution in [0.1, 0.15) is 19.3 Å². The lowest BCUT2D eigenvalue weighted by molar-refractivity contribution is -0.164. The van der Waals surface area contributed by atoms with Gasteiger partial charge in [0.15, 0.2) is 6.29 Å². The van der Waals surface area contributed by atoms with E-state index in [1.54, 1.807) is 7.11 Å². The minimum absolute atomic E-state index is 0.0499. The van der Waals surface area contributed by atoms with Crippen LogP contribution in [-0.4, -0.2) is 45.4 Å². The minimum Gasteiger partial charge on any atom is -0.497 e. The maximum atomic E-state index is 5.70. The van der Waals surface area contributed by atoms with E-state index in [0.29, 0.717) is 13.2 Å². The van der Waals surface area contributed by atoms with E-state index >= 15 is 0 Å². The summed E-state index contributed by atoms with van der Waals surface area (Å²) in [5.41, 5.74) is 0. The topological polar surface area (TPSA) is 49.5 Å². The van der Waals surface area contributed by atoms with E-state index < -0.39 is 0 Å². The lowest BCUT2D eigenvalue weighted by Crippen LogP contribution is -2.24. The Balaban J connectivity index is 1.32. The highest BCUT2D eigenvalue weighted by Gasteiger charge is 2.40. The number of epoxide rings is 1. The van der Waals surface area contributed by atoms with Crippen molar-refractivity contribution in [3.05, 3.63) is 24.3 Å². The van der Waals surface area contributed by atoms with Crippen LogP contribution in [0.25, 0.3) is 0 Å². The highest BCUT2D eigenvalue weighted by atomic mass is 16.7. The number of hydrogen-bond acceptors (Lipinski definition) is 5. The van der Waals surface area contributed by atoms with Crippen molar-refractivity contribution in [3.8, 4) is 11.5 Å². The van der Waals surface area contributed by atoms with Gasteiger partial charge < -0.3 is 23.7 Å². The van der Waals surface area contributed by atoms with Gasteiger partial charge in [-0.15, -0.1) is 0 Å². The third-order valence-corrected chi connectivity index (χ3v) is 3.75. The Hall–Kier alpha value is -1.30. The van der Waals surface area contributed by atoms with E-state index in [2.05, 4.69) is 0 Å². The quantitative estimate of drug-likeness (QED) is 0.723. The van der Waals surface area contributed by atoms with Crippen LogP contribution in [0.5, 0.6) is 11.5 Å². The normalized spacial score (nSPS) is 28.1. The van der Waals surface area contributed by atoms with Crippen molar-refractivity contribution in [2.45, 2.75) is 37.8 Å². The van der Waals surface area contributed by atoms with Gasteiger partial charge in [-0.25, -0.2) is 0 Å². The molecule has 2 heterocycles. The lowest BCUT2D eigenvalue weighted by Gasteiger charge is -2.22. The van der Waals surface area contributed by atoms with E-state index in [0.717, 1.165) is 30.9 Å². The molecule has 0 spiro atoms. The number of rotatable bonds is 7. The van der Waals surface area contributed by atoms with Crippen LogP contribution >= 0.6 is 0 Å². The highest BCUT2D eigenvalue weighted by molar-refractivity contribution is 5.31. The molecule has 2 saturated heterocycles. The number of hydrogen-bond donors (Lipinski definition) is 0. The standard InChI is InChI=1S/C16H22O5/c1-17-12-5-7-13(8-6-12)19-10-14-15(21-14)11-20-16-4-2-3-9-18-16/h5-8,14-16H,2-4,9-11H2,1H3/t14-,15-,16?/m1/s1. The summed E-state index contributed by atoms with van der Waals surface area (Å²) >= 11 is 0. The number of benzene rings is 1. The second-order valence-corrected chi connectivity index (χ2v) is 5.33. The molecule has 1 aromatic rings. The molecule has 0 radical (unpaired) electrons. The molecule has 2 fully saturated rings. The summed E-state index contributed by atoms with van der Waals surface area (Å²) in [5.74, 6) is 1.64. The summed E-state index contributed by atoms with van der Waals surface area (Å²) in [6.45, 7) is 1.94. The molecule has 1 aromatic carbocycles. The molecule has 0 N–H and O–H groups in total. The molecule has 3 atom stereocenters. The molecule has 2 aliphatic rings. The molecule has 21 heavy (non-hydrogen) atoms. The van der Waals surface area contributed by atoms with Crippen molar-refractivity contribution in [2.75, 3.05) is 26.9 Å². The van der Waals surface area contributed by atoms with Crippen molar-refractivity contribution in [2.24, 2.45) is 0 Å². The lowest BCUT2D eigenvalue weighted by atomic mass is 10.2. The largest absolute Gasteiger partial charge is 0.497 e. The van der Waals surface area contributed by atoms with Gasteiger partial charge in [0.2, 0.25) is 0 Å². The first-order valence-corrected chi connectivity index (χ1v) is 7.50. The van der Waals surface area contributed by atoms with Crippen LogP contribution in [0.15, 0.2) is 24.3 Å². The second-order valence-electron chi connectivity index (χ2n) is 5.33. The van der Waals surface area contributed by atoms with Gasteiger partial charge in [0, 0.05) is 6.61 Å². The van der Waals surface area contributed by atoms with E-state index in [-0.39, 0.29) is 18.5 Å². The molecule has 2 aliphatic heterocycles. The Kier molecular flexibility index (Phi) is 4.95. The molecule has 0 saturated carbocycles. The highest BCUT2D eigenvalue weighted by Crippen LogP contribution is 2.26.